The summed E-state index contributed by atoms with van der Waals surface area (Å²) in [4.78, 5) is 4.50. The van der Waals surface area contributed by atoms with Crippen molar-refractivity contribution in [1.82, 2.24) is 10.3 Å². The maximum Gasteiger partial charge on any atom is 0.128 e. The summed E-state index contributed by atoms with van der Waals surface area (Å²) in [6, 6.07) is 0. The second-order valence-electron chi connectivity index (χ2n) is 4.36. The highest BCUT2D eigenvalue weighted by molar-refractivity contribution is 5.41. The molecule has 0 aliphatic carbocycles. The molecule has 3 heteroatoms. The van der Waals surface area contributed by atoms with E-state index in [0.29, 0.717) is 0 Å². The summed E-state index contributed by atoms with van der Waals surface area (Å²) in [6.45, 7) is 8.41. The highest BCUT2D eigenvalue weighted by atomic mass is 16.5. The third-order valence-corrected chi connectivity index (χ3v) is 3.02. The molecule has 0 saturated heterocycles. The molecule has 0 atom stereocenters. The van der Waals surface area contributed by atoms with Gasteiger partial charge in [-0.1, -0.05) is 6.92 Å². The van der Waals surface area contributed by atoms with Crippen LogP contribution in [0.4, 0.5) is 0 Å². The zero-order chi connectivity index (χ0) is 12.7. The molecule has 0 spiro atoms. The Morgan fingerprint density at radius 2 is 2.06 bits per heavy atom. The zero-order valence-corrected chi connectivity index (χ0v) is 11.5. The lowest BCUT2D eigenvalue weighted by molar-refractivity contribution is 0.406. The van der Waals surface area contributed by atoms with Gasteiger partial charge in [-0.2, -0.15) is 0 Å². The number of hydrogen-bond acceptors (Lipinski definition) is 3. The van der Waals surface area contributed by atoms with Crippen molar-refractivity contribution in [3.05, 3.63) is 23.0 Å². The van der Waals surface area contributed by atoms with Gasteiger partial charge in [-0.25, -0.2) is 0 Å². The molecule has 1 rings (SSSR count). The maximum absolute atomic E-state index is 5.41. The Labute approximate surface area is 105 Å². The molecule has 1 aromatic heterocycles. The van der Waals surface area contributed by atoms with Crippen LogP contribution in [0.15, 0.2) is 6.20 Å². The Bertz CT molecular complexity index is 350. The van der Waals surface area contributed by atoms with Crippen LogP contribution < -0.4 is 10.1 Å². The van der Waals surface area contributed by atoms with Gasteiger partial charge in [0.25, 0.3) is 0 Å². The number of pyridine rings is 1. The molecular formula is C14H24N2O. The van der Waals surface area contributed by atoms with Crippen molar-refractivity contribution < 1.29 is 4.74 Å². The molecule has 0 saturated carbocycles. The first-order valence-electron chi connectivity index (χ1n) is 6.40. The third-order valence-electron chi connectivity index (χ3n) is 3.02. The van der Waals surface area contributed by atoms with Crippen LogP contribution in [0.2, 0.25) is 0 Å². The van der Waals surface area contributed by atoms with Crippen LogP contribution in [-0.4, -0.2) is 25.2 Å². The monoisotopic (exact) mass is 236 g/mol. The van der Waals surface area contributed by atoms with E-state index in [1.807, 2.05) is 13.1 Å². The first-order valence-corrected chi connectivity index (χ1v) is 6.40. The molecule has 3 nitrogen and oxygen atoms in total. The Balaban J connectivity index is 2.54. The molecule has 0 aliphatic rings. The van der Waals surface area contributed by atoms with Gasteiger partial charge in [-0.3, -0.25) is 4.98 Å². The zero-order valence-electron chi connectivity index (χ0n) is 11.5. The van der Waals surface area contributed by atoms with Crippen molar-refractivity contribution in [2.75, 3.05) is 20.2 Å². The predicted molar refractivity (Wildman–Crippen MR) is 71.7 cm³/mol. The van der Waals surface area contributed by atoms with Gasteiger partial charge in [0.1, 0.15) is 5.75 Å². The lowest BCUT2D eigenvalue weighted by Crippen LogP contribution is -2.14. The molecule has 0 amide bonds. The Morgan fingerprint density at radius 3 is 2.71 bits per heavy atom. The van der Waals surface area contributed by atoms with Crippen LogP contribution in [0.3, 0.4) is 0 Å². The predicted octanol–water partition coefficient (Wildman–Crippen LogP) is 2.64. The molecule has 0 aliphatic heterocycles. The summed E-state index contributed by atoms with van der Waals surface area (Å²) >= 11 is 0. The van der Waals surface area contributed by atoms with E-state index in [1.54, 1.807) is 7.11 Å². The quantitative estimate of drug-likeness (QED) is 0.739. The molecule has 0 unspecified atom stereocenters. The van der Waals surface area contributed by atoms with Gasteiger partial charge in [0.05, 0.1) is 7.11 Å². The summed E-state index contributed by atoms with van der Waals surface area (Å²) in [7, 11) is 1.73. The van der Waals surface area contributed by atoms with Gasteiger partial charge in [0, 0.05) is 23.0 Å². The minimum Gasteiger partial charge on any atom is -0.496 e. The van der Waals surface area contributed by atoms with Crippen molar-refractivity contribution in [3.63, 3.8) is 0 Å². The fourth-order valence-corrected chi connectivity index (χ4v) is 2.04. The smallest absolute Gasteiger partial charge is 0.128 e. The van der Waals surface area contributed by atoms with Crippen molar-refractivity contribution >= 4 is 0 Å². The second kappa shape index (κ2) is 7.28. The molecule has 0 fully saturated rings. The minimum atomic E-state index is 0.988. The van der Waals surface area contributed by atoms with Gasteiger partial charge < -0.3 is 10.1 Å². The van der Waals surface area contributed by atoms with E-state index in [-0.39, 0.29) is 0 Å². The number of hydrogen-bond donors (Lipinski definition) is 1. The standard InChI is InChI=1S/C14H24N2O/c1-5-15-9-7-6-8-13-12(3)14(17-4)11(2)10-16-13/h10,15H,5-9H2,1-4H3. The fraction of sp³-hybridized carbons (Fsp3) is 0.643. The van der Waals surface area contributed by atoms with E-state index in [1.165, 1.54) is 24.1 Å². The normalized spacial score (nSPS) is 10.6. The molecule has 17 heavy (non-hydrogen) atoms. The van der Waals surface area contributed by atoms with Crippen LogP contribution in [-0.2, 0) is 6.42 Å². The lowest BCUT2D eigenvalue weighted by atomic mass is 10.1. The minimum absolute atomic E-state index is 0.988. The topological polar surface area (TPSA) is 34.2 Å². The number of nitrogens with one attached hydrogen (secondary N) is 1. The lowest BCUT2D eigenvalue weighted by Gasteiger charge is -2.12. The first kappa shape index (κ1) is 14.0. The van der Waals surface area contributed by atoms with E-state index in [2.05, 4.69) is 24.1 Å². The van der Waals surface area contributed by atoms with Crippen molar-refractivity contribution in [1.29, 1.82) is 0 Å². The number of unbranched alkanes of at least 4 members (excludes halogenated alkanes) is 1. The van der Waals surface area contributed by atoms with Gasteiger partial charge >= 0.3 is 0 Å². The summed E-state index contributed by atoms with van der Waals surface area (Å²) in [5, 5.41) is 3.34. The molecule has 0 bridgehead atoms. The number of aromatic nitrogens is 1. The SMILES string of the molecule is CCNCCCCc1ncc(C)c(OC)c1C. The molecule has 1 aromatic rings. The highest BCUT2D eigenvalue weighted by Crippen LogP contribution is 2.24. The summed E-state index contributed by atoms with van der Waals surface area (Å²) in [5.41, 5.74) is 3.47. The van der Waals surface area contributed by atoms with Crippen LogP contribution >= 0.6 is 0 Å². The molecule has 1 heterocycles. The third kappa shape index (κ3) is 4.00. The largest absolute Gasteiger partial charge is 0.496 e. The fourth-order valence-electron chi connectivity index (χ4n) is 2.04. The number of nitrogens with zero attached hydrogens (tertiary/aromatic N) is 1. The van der Waals surface area contributed by atoms with E-state index in [4.69, 9.17) is 4.74 Å². The second-order valence-corrected chi connectivity index (χ2v) is 4.36. The van der Waals surface area contributed by atoms with E-state index in [0.717, 1.165) is 30.8 Å². The number of ether oxygens (including phenoxy) is 1. The first-order chi connectivity index (χ1) is 8.20. The van der Waals surface area contributed by atoms with Crippen molar-refractivity contribution in [2.24, 2.45) is 0 Å². The summed E-state index contributed by atoms with van der Waals surface area (Å²) in [5.74, 6) is 0.988. The van der Waals surface area contributed by atoms with Gasteiger partial charge in [-0.05, 0) is 46.2 Å². The average molecular weight is 236 g/mol. The Morgan fingerprint density at radius 1 is 1.29 bits per heavy atom. The van der Waals surface area contributed by atoms with Gasteiger partial charge in [0.2, 0.25) is 0 Å². The Hall–Kier alpha value is -1.09. The van der Waals surface area contributed by atoms with Crippen molar-refractivity contribution in [2.45, 2.75) is 40.0 Å². The van der Waals surface area contributed by atoms with Gasteiger partial charge in [-0.15, -0.1) is 0 Å². The molecule has 96 valence electrons. The van der Waals surface area contributed by atoms with Crippen LogP contribution in [0, 0.1) is 13.8 Å². The molecular weight excluding hydrogens is 212 g/mol. The average Bonchev–Trinajstić information content (AvgIpc) is 2.32. The summed E-state index contributed by atoms with van der Waals surface area (Å²) < 4.78 is 5.41. The molecule has 0 aromatic carbocycles. The van der Waals surface area contributed by atoms with Crippen LogP contribution in [0.5, 0.6) is 5.75 Å². The van der Waals surface area contributed by atoms with Crippen LogP contribution in [0.1, 0.15) is 36.6 Å². The number of aryl methyl sites for hydroxylation is 2. The maximum atomic E-state index is 5.41. The Kier molecular flexibility index (Phi) is 5.98. The molecule has 1 N–H and O–H groups in total. The highest BCUT2D eigenvalue weighted by Gasteiger charge is 2.08. The van der Waals surface area contributed by atoms with Gasteiger partial charge in [0.15, 0.2) is 0 Å². The van der Waals surface area contributed by atoms with E-state index < -0.39 is 0 Å². The van der Waals surface area contributed by atoms with E-state index >= 15 is 0 Å². The summed E-state index contributed by atoms with van der Waals surface area (Å²) in [6.07, 6.45) is 5.32. The number of rotatable bonds is 7. The van der Waals surface area contributed by atoms with E-state index in [9.17, 15) is 0 Å². The van der Waals surface area contributed by atoms with Crippen LogP contribution in [0.25, 0.3) is 0 Å². The van der Waals surface area contributed by atoms with Crippen molar-refractivity contribution in [3.8, 4) is 5.75 Å². The number of methoxy groups -OCH3 is 1. The molecule has 0 radical (unpaired) electrons.